The van der Waals surface area contributed by atoms with E-state index in [-0.39, 0.29) is 0 Å². The molecule has 0 N–H and O–H groups in total. The standard InChI is InChI=1S/C28H17N3O/c1-2-10-19(11-3-1)31-25-20-12-5-4-9-18(20)17-29-27(25)30-28(31)23-15-8-14-22-21-13-6-7-16-24(21)32-26(22)23/h1-17H. The lowest BCUT2D eigenvalue weighted by atomic mass is 10.1. The summed E-state index contributed by atoms with van der Waals surface area (Å²) in [5.41, 5.74) is 5.42. The maximum atomic E-state index is 6.34. The minimum absolute atomic E-state index is 0.718. The van der Waals surface area contributed by atoms with E-state index < -0.39 is 0 Å². The quantitative estimate of drug-likeness (QED) is 0.304. The summed E-state index contributed by atoms with van der Waals surface area (Å²) >= 11 is 0. The van der Waals surface area contributed by atoms with Crippen molar-refractivity contribution in [2.75, 3.05) is 0 Å². The van der Waals surface area contributed by atoms with Gasteiger partial charge in [0.2, 0.25) is 0 Å². The fourth-order valence-corrected chi connectivity index (χ4v) is 4.63. The van der Waals surface area contributed by atoms with Crippen LogP contribution in [-0.2, 0) is 0 Å². The number of hydrogen-bond donors (Lipinski definition) is 0. The number of imidazole rings is 1. The molecule has 0 bridgehead atoms. The Kier molecular flexibility index (Phi) is 3.52. The Morgan fingerprint density at radius 1 is 0.656 bits per heavy atom. The molecule has 3 aromatic heterocycles. The van der Waals surface area contributed by atoms with Crippen molar-refractivity contribution in [2.24, 2.45) is 0 Å². The van der Waals surface area contributed by atoms with Gasteiger partial charge in [0.05, 0.1) is 5.56 Å². The lowest BCUT2D eigenvalue weighted by molar-refractivity contribution is 0.669. The monoisotopic (exact) mass is 411 g/mol. The summed E-state index contributed by atoms with van der Waals surface area (Å²) in [5, 5.41) is 4.40. The van der Waals surface area contributed by atoms with Gasteiger partial charge in [-0.1, -0.05) is 72.8 Å². The lowest BCUT2D eigenvalue weighted by Gasteiger charge is -2.11. The van der Waals surface area contributed by atoms with Crippen LogP contribution < -0.4 is 0 Å². The van der Waals surface area contributed by atoms with Crippen LogP contribution in [0.15, 0.2) is 108 Å². The average Bonchev–Trinajstić information content (AvgIpc) is 3.43. The van der Waals surface area contributed by atoms with E-state index in [9.17, 15) is 0 Å². The molecule has 0 spiro atoms. The molecule has 0 aliphatic carbocycles. The first-order chi connectivity index (χ1) is 15.9. The Morgan fingerprint density at radius 3 is 2.31 bits per heavy atom. The van der Waals surface area contributed by atoms with Gasteiger partial charge >= 0.3 is 0 Å². The SMILES string of the molecule is c1ccc(-n2c(-c3cccc4c3oc3ccccc34)nc3ncc4ccccc4c32)cc1. The van der Waals surface area contributed by atoms with Crippen LogP contribution in [0.25, 0.3) is 61.0 Å². The predicted molar refractivity (Wildman–Crippen MR) is 129 cm³/mol. The molecular formula is C28H17N3O. The number of aromatic nitrogens is 3. The summed E-state index contributed by atoms with van der Waals surface area (Å²) in [4.78, 5) is 9.72. The van der Waals surface area contributed by atoms with Crippen molar-refractivity contribution in [1.82, 2.24) is 14.5 Å². The molecule has 0 saturated heterocycles. The highest BCUT2D eigenvalue weighted by molar-refractivity contribution is 6.10. The first kappa shape index (κ1) is 17.3. The highest BCUT2D eigenvalue weighted by Crippen LogP contribution is 2.38. The molecule has 7 aromatic rings. The van der Waals surface area contributed by atoms with Gasteiger partial charge in [-0.05, 0) is 24.3 Å². The summed E-state index contributed by atoms with van der Waals surface area (Å²) in [6, 6.07) is 33.0. The van der Waals surface area contributed by atoms with Gasteiger partial charge < -0.3 is 4.42 Å². The molecule has 0 radical (unpaired) electrons. The van der Waals surface area contributed by atoms with Gasteiger partial charge in [-0.2, -0.15) is 0 Å². The number of para-hydroxylation sites is 3. The third-order valence-electron chi connectivity index (χ3n) is 6.06. The van der Waals surface area contributed by atoms with E-state index in [2.05, 4.69) is 59.2 Å². The molecule has 0 atom stereocenters. The smallest absolute Gasteiger partial charge is 0.179 e. The zero-order valence-corrected chi connectivity index (χ0v) is 17.1. The van der Waals surface area contributed by atoms with E-state index in [1.807, 2.05) is 48.7 Å². The fraction of sp³-hybridized carbons (Fsp3) is 0. The Morgan fingerprint density at radius 2 is 1.41 bits per heavy atom. The van der Waals surface area contributed by atoms with Gasteiger partial charge in [0, 0.05) is 33.4 Å². The van der Waals surface area contributed by atoms with Crippen LogP contribution in [0.2, 0.25) is 0 Å². The van der Waals surface area contributed by atoms with Crippen molar-refractivity contribution >= 4 is 43.9 Å². The van der Waals surface area contributed by atoms with E-state index >= 15 is 0 Å². The summed E-state index contributed by atoms with van der Waals surface area (Å²) in [6.45, 7) is 0. The van der Waals surface area contributed by atoms with Crippen LogP contribution in [0.3, 0.4) is 0 Å². The van der Waals surface area contributed by atoms with Gasteiger partial charge in [0.25, 0.3) is 0 Å². The second-order valence-electron chi connectivity index (χ2n) is 7.90. The van der Waals surface area contributed by atoms with Gasteiger partial charge in [-0.3, -0.25) is 4.57 Å². The van der Waals surface area contributed by atoms with Crippen molar-refractivity contribution in [1.29, 1.82) is 0 Å². The summed E-state index contributed by atoms with van der Waals surface area (Å²) in [5.74, 6) is 0.819. The predicted octanol–water partition coefficient (Wildman–Crippen LogP) is 7.14. The van der Waals surface area contributed by atoms with E-state index in [1.54, 1.807) is 0 Å². The zero-order chi connectivity index (χ0) is 21.1. The number of nitrogens with zero attached hydrogens (tertiary/aromatic N) is 3. The topological polar surface area (TPSA) is 43.9 Å². The molecule has 150 valence electrons. The van der Waals surface area contributed by atoms with Crippen molar-refractivity contribution in [3.63, 3.8) is 0 Å². The first-order valence-electron chi connectivity index (χ1n) is 10.6. The Hall–Kier alpha value is -4.44. The second-order valence-corrected chi connectivity index (χ2v) is 7.90. The molecule has 4 heteroatoms. The van der Waals surface area contributed by atoms with Crippen molar-refractivity contribution < 1.29 is 4.42 Å². The van der Waals surface area contributed by atoms with E-state index in [0.717, 1.165) is 61.0 Å². The van der Waals surface area contributed by atoms with Crippen LogP contribution in [0, 0.1) is 0 Å². The number of furan rings is 1. The van der Waals surface area contributed by atoms with Crippen LogP contribution in [0.4, 0.5) is 0 Å². The summed E-state index contributed by atoms with van der Waals surface area (Å²) in [7, 11) is 0. The molecule has 0 fully saturated rings. The first-order valence-corrected chi connectivity index (χ1v) is 10.6. The van der Waals surface area contributed by atoms with Gasteiger partial charge in [0.1, 0.15) is 16.7 Å². The summed E-state index contributed by atoms with van der Waals surface area (Å²) in [6.07, 6.45) is 1.89. The third-order valence-corrected chi connectivity index (χ3v) is 6.06. The van der Waals surface area contributed by atoms with E-state index in [0.29, 0.717) is 0 Å². The molecular weight excluding hydrogens is 394 g/mol. The molecule has 3 heterocycles. The normalized spacial score (nSPS) is 11.8. The van der Waals surface area contributed by atoms with Crippen molar-refractivity contribution in [3.8, 4) is 17.1 Å². The van der Waals surface area contributed by atoms with E-state index in [1.165, 1.54) is 0 Å². The number of rotatable bonds is 2. The van der Waals surface area contributed by atoms with E-state index in [4.69, 9.17) is 14.4 Å². The fourth-order valence-electron chi connectivity index (χ4n) is 4.63. The van der Waals surface area contributed by atoms with Gasteiger partial charge in [-0.25, -0.2) is 9.97 Å². The molecule has 0 aliphatic rings. The van der Waals surface area contributed by atoms with Crippen molar-refractivity contribution in [2.45, 2.75) is 0 Å². The van der Waals surface area contributed by atoms with Gasteiger partial charge in [0.15, 0.2) is 11.5 Å². The lowest BCUT2D eigenvalue weighted by Crippen LogP contribution is -1.98. The summed E-state index contributed by atoms with van der Waals surface area (Å²) < 4.78 is 8.54. The number of pyridine rings is 1. The Balaban J connectivity index is 1.66. The van der Waals surface area contributed by atoms with Gasteiger partial charge in [-0.15, -0.1) is 0 Å². The number of fused-ring (bicyclic) bond motifs is 6. The molecule has 0 amide bonds. The van der Waals surface area contributed by atoms with Crippen LogP contribution >= 0.6 is 0 Å². The minimum Gasteiger partial charge on any atom is -0.455 e. The number of benzene rings is 4. The van der Waals surface area contributed by atoms with Crippen LogP contribution in [0.5, 0.6) is 0 Å². The largest absolute Gasteiger partial charge is 0.455 e. The molecule has 0 aliphatic heterocycles. The highest BCUT2D eigenvalue weighted by Gasteiger charge is 2.21. The van der Waals surface area contributed by atoms with Crippen LogP contribution in [-0.4, -0.2) is 14.5 Å². The maximum Gasteiger partial charge on any atom is 0.179 e. The number of hydrogen-bond acceptors (Lipinski definition) is 3. The Labute approximate surface area is 183 Å². The molecule has 4 aromatic carbocycles. The minimum atomic E-state index is 0.718. The zero-order valence-electron chi connectivity index (χ0n) is 17.1. The Bertz CT molecular complexity index is 1780. The maximum absolute atomic E-state index is 6.34. The molecule has 32 heavy (non-hydrogen) atoms. The molecule has 0 unspecified atom stereocenters. The van der Waals surface area contributed by atoms with Crippen LogP contribution in [0.1, 0.15) is 0 Å². The highest BCUT2D eigenvalue weighted by atomic mass is 16.3. The average molecular weight is 411 g/mol. The molecule has 4 nitrogen and oxygen atoms in total. The van der Waals surface area contributed by atoms with Crippen molar-refractivity contribution in [3.05, 3.63) is 103 Å². The third kappa shape index (κ3) is 2.38. The second kappa shape index (κ2) is 6.53. The molecule has 7 rings (SSSR count). The molecule has 0 saturated carbocycles.